The fraction of sp³-hybridized carbons (Fsp3) is 0.375. The van der Waals surface area contributed by atoms with E-state index in [0.717, 1.165) is 9.75 Å². The van der Waals surface area contributed by atoms with Crippen LogP contribution in [0.25, 0.3) is 0 Å². The van der Waals surface area contributed by atoms with Gasteiger partial charge in [-0.05, 0) is 45.0 Å². The lowest BCUT2D eigenvalue weighted by Crippen LogP contribution is -2.27. The summed E-state index contributed by atoms with van der Waals surface area (Å²) in [6, 6.07) is 9.75. The van der Waals surface area contributed by atoms with Gasteiger partial charge in [0.15, 0.2) is 23.0 Å². The summed E-state index contributed by atoms with van der Waals surface area (Å²) in [5, 5.41) is 10.2. The van der Waals surface area contributed by atoms with Crippen molar-refractivity contribution in [3.8, 4) is 11.5 Å². The normalized spacial score (nSPS) is 13.1. The van der Waals surface area contributed by atoms with Crippen LogP contribution in [0.3, 0.4) is 0 Å². The van der Waals surface area contributed by atoms with E-state index in [1.807, 2.05) is 6.92 Å². The van der Waals surface area contributed by atoms with Crippen molar-refractivity contribution >= 4 is 34.4 Å². The van der Waals surface area contributed by atoms with Crippen LogP contribution in [0.4, 0.5) is 0 Å². The molecule has 0 saturated heterocycles. The largest absolute Gasteiger partial charge is 0.503 e. The van der Waals surface area contributed by atoms with Gasteiger partial charge in [0.2, 0.25) is 0 Å². The van der Waals surface area contributed by atoms with Gasteiger partial charge in [-0.2, -0.15) is 0 Å². The molecule has 3 aromatic heterocycles. The van der Waals surface area contributed by atoms with Crippen molar-refractivity contribution in [3.05, 3.63) is 61.7 Å². The number of Topliss-reactive ketones (excluding diaryl/α,β-unsaturated/α-hetero) is 1. The number of ketones is 1. The fourth-order valence-electron chi connectivity index (χ4n) is 3.47. The molecule has 170 valence electrons. The van der Waals surface area contributed by atoms with Crippen molar-refractivity contribution in [1.82, 2.24) is 4.98 Å². The van der Waals surface area contributed by atoms with Crippen LogP contribution in [0.5, 0.6) is 11.5 Å². The summed E-state index contributed by atoms with van der Waals surface area (Å²) in [4.78, 5) is 34.1. The number of ether oxygens (including phenoxy) is 2. The molecular formula is C24H27NO5S2. The predicted molar refractivity (Wildman–Crippen MR) is 126 cm³/mol. The van der Waals surface area contributed by atoms with Crippen molar-refractivity contribution in [3.63, 3.8) is 0 Å². The molecule has 0 aromatic carbocycles. The van der Waals surface area contributed by atoms with Crippen LogP contribution in [0.15, 0.2) is 36.5 Å². The molecule has 0 aliphatic heterocycles. The lowest BCUT2D eigenvalue weighted by Gasteiger charge is -2.24. The van der Waals surface area contributed by atoms with E-state index in [9.17, 15) is 14.7 Å². The highest BCUT2D eigenvalue weighted by Crippen LogP contribution is 2.38. The summed E-state index contributed by atoms with van der Waals surface area (Å²) in [6.07, 6.45) is 0.854. The minimum Gasteiger partial charge on any atom is -0.503 e. The standard InChI is InChI=1S/C24H27NO5S2/c1-13(12-17(26)22-23(27)18(29-5)10-11-25-22)24(28)30-16(4)21(19-8-6-14(2)31-19)20-9-7-15(3)32-20/h6-11,13,16,21,27H,12H2,1-5H3/t13-,16+/m1/s1. The number of aryl methyl sites for hydroxylation is 2. The van der Waals surface area contributed by atoms with Gasteiger partial charge < -0.3 is 14.6 Å². The second-order valence-electron chi connectivity index (χ2n) is 7.76. The van der Waals surface area contributed by atoms with Crippen molar-refractivity contribution in [2.75, 3.05) is 7.11 Å². The van der Waals surface area contributed by atoms with Crippen molar-refractivity contribution in [2.45, 2.75) is 46.1 Å². The number of aromatic hydroxyl groups is 1. The lowest BCUT2D eigenvalue weighted by atomic mass is 9.98. The van der Waals surface area contributed by atoms with E-state index in [2.05, 4.69) is 43.1 Å². The zero-order valence-electron chi connectivity index (χ0n) is 18.7. The average molecular weight is 474 g/mol. The highest BCUT2D eigenvalue weighted by atomic mass is 32.1. The second-order valence-corrected chi connectivity index (χ2v) is 10.4. The Morgan fingerprint density at radius 3 is 2.12 bits per heavy atom. The summed E-state index contributed by atoms with van der Waals surface area (Å²) in [5.41, 5.74) is -0.113. The molecule has 0 saturated carbocycles. The van der Waals surface area contributed by atoms with Crippen LogP contribution in [-0.2, 0) is 9.53 Å². The number of hydrogen-bond donors (Lipinski definition) is 1. The summed E-state index contributed by atoms with van der Waals surface area (Å²) in [6.45, 7) is 7.63. The Kier molecular flexibility index (Phi) is 7.69. The molecule has 0 bridgehead atoms. The van der Waals surface area contributed by atoms with Gasteiger partial charge >= 0.3 is 5.97 Å². The first-order chi connectivity index (χ1) is 15.2. The van der Waals surface area contributed by atoms with Crippen LogP contribution in [0.2, 0.25) is 0 Å². The molecule has 0 aliphatic rings. The first kappa shape index (κ1) is 23.9. The van der Waals surface area contributed by atoms with Crippen molar-refractivity contribution < 1.29 is 24.2 Å². The van der Waals surface area contributed by atoms with Crippen LogP contribution in [0, 0.1) is 19.8 Å². The van der Waals surface area contributed by atoms with E-state index >= 15 is 0 Å². The Labute approximate surface area is 195 Å². The van der Waals surface area contributed by atoms with Crippen LogP contribution < -0.4 is 4.74 Å². The Morgan fingerprint density at radius 2 is 1.62 bits per heavy atom. The molecule has 0 amide bonds. The number of pyridine rings is 1. The molecule has 2 atom stereocenters. The highest BCUT2D eigenvalue weighted by molar-refractivity contribution is 7.13. The summed E-state index contributed by atoms with van der Waals surface area (Å²) in [5.74, 6) is -1.82. The molecule has 3 rings (SSSR count). The average Bonchev–Trinajstić information content (AvgIpc) is 3.36. The van der Waals surface area contributed by atoms with E-state index in [1.54, 1.807) is 29.6 Å². The van der Waals surface area contributed by atoms with E-state index in [-0.39, 0.29) is 29.5 Å². The quantitative estimate of drug-likeness (QED) is 0.326. The monoisotopic (exact) mass is 473 g/mol. The molecule has 0 aliphatic carbocycles. The number of carbonyl (C=O) groups excluding carboxylic acids is 2. The highest BCUT2D eigenvalue weighted by Gasteiger charge is 2.30. The molecule has 0 spiro atoms. The summed E-state index contributed by atoms with van der Waals surface area (Å²) < 4.78 is 10.9. The van der Waals surface area contributed by atoms with E-state index in [0.29, 0.717) is 0 Å². The number of aromatic nitrogens is 1. The fourth-order valence-corrected chi connectivity index (χ4v) is 5.73. The van der Waals surface area contributed by atoms with Crippen LogP contribution >= 0.6 is 22.7 Å². The van der Waals surface area contributed by atoms with Gasteiger partial charge in [-0.15, -0.1) is 22.7 Å². The van der Waals surface area contributed by atoms with Gasteiger partial charge in [0.25, 0.3) is 0 Å². The zero-order valence-corrected chi connectivity index (χ0v) is 20.4. The number of hydrogen-bond acceptors (Lipinski definition) is 8. The summed E-state index contributed by atoms with van der Waals surface area (Å²) >= 11 is 3.38. The Morgan fingerprint density at radius 1 is 1.03 bits per heavy atom. The number of methoxy groups -OCH3 is 1. The maximum atomic E-state index is 12.8. The molecular weight excluding hydrogens is 446 g/mol. The molecule has 32 heavy (non-hydrogen) atoms. The molecule has 3 aromatic rings. The maximum absolute atomic E-state index is 12.8. The third-order valence-corrected chi connectivity index (χ3v) is 7.34. The second kappa shape index (κ2) is 10.3. The van der Waals surface area contributed by atoms with Crippen LogP contribution in [-0.4, -0.2) is 35.1 Å². The molecule has 0 fully saturated rings. The van der Waals surface area contributed by atoms with Crippen molar-refractivity contribution in [2.24, 2.45) is 5.92 Å². The Bertz CT molecular complexity index is 1060. The van der Waals surface area contributed by atoms with Gasteiger partial charge in [-0.3, -0.25) is 9.59 Å². The van der Waals surface area contributed by atoms with E-state index < -0.39 is 23.8 Å². The zero-order chi connectivity index (χ0) is 23.4. The number of nitrogens with zero attached hydrogens (tertiary/aromatic N) is 1. The number of thiophene rings is 2. The minimum atomic E-state index is -0.687. The molecule has 0 radical (unpaired) electrons. The third-order valence-electron chi connectivity index (χ3n) is 5.17. The van der Waals surface area contributed by atoms with Gasteiger partial charge in [0, 0.05) is 38.2 Å². The van der Waals surface area contributed by atoms with Gasteiger partial charge in [-0.1, -0.05) is 6.92 Å². The van der Waals surface area contributed by atoms with Crippen LogP contribution in [0.1, 0.15) is 56.2 Å². The van der Waals surface area contributed by atoms with E-state index in [4.69, 9.17) is 9.47 Å². The number of esters is 1. The molecule has 1 N–H and O–H groups in total. The third kappa shape index (κ3) is 5.37. The molecule has 3 heterocycles. The topological polar surface area (TPSA) is 85.7 Å². The smallest absolute Gasteiger partial charge is 0.309 e. The molecule has 0 unspecified atom stereocenters. The first-order valence-corrected chi connectivity index (χ1v) is 11.9. The number of rotatable bonds is 9. The molecule has 8 heteroatoms. The summed E-state index contributed by atoms with van der Waals surface area (Å²) in [7, 11) is 1.39. The van der Waals surface area contributed by atoms with Crippen molar-refractivity contribution in [1.29, 1.82) is 0 Å². The van der Waals surface area contributed by atoms with Gasteiger partial charge in [-0.25, -0.2) is 4.98 Å². The van der Waals surface area contributed by atoms with Gasteiger partial charge in [0.05, 0.1) is 18.9 Å². The molecule has 6 nitrogen and oxygen atoms in total. The Hall–Kier alpha value is -2.71. The Balaban J connectivity index is 1.72. The number of carbonyl (C=O) groups is 2. The van der Waals surface area contributed by atoms with Gasteiger partial charge in [0.1, 0.15) is 6.10 Å². The first-order valence-electron chi connectivity index (χ1n) is 10.3. The lowest BCUT2D eigenvalue weighted by molar-refractivity contribution is -0.153. The van der Waals surface area contributed by atoms with E-state index in [1.165, 1.54) is 29.1 Å². The maximum Gasteiger partial charge on any atom is 0.309 e. The SMILES string of the molecule is COc1ccnc(C(=O)C[C@@H](C)C(=O)O[C@@H](C)C(c2ccc(C)s2)c2ccc(C)s2)c1O. The predicted octanol–water partition coefficient (Wildman–Crippen LogP) is 5.51. The minimum absolute atomic E-state index is 0.0663.